The van der Waals surface area contributed by atoms with Crippen molar-refractivity contribution in [3.63, 3.8) is 0 Å². The van der Waals surface area contributed by atoms with Gasteiger partial charge in [0.2, 0.25) is 17.7 Å². The zero-order valence-electron chi connectivity index (χ0n) is 21.7. The molecule has 0 aliphatic rings. The van der Waals surface area contributed by atoms with Gasteiger partial charge in [0.05, 0.1) is 13.2 Å². The van der Waals surface area contributed by atoms with Gasteiger partial charge < -0.3 is 14.2 Å². The lowest BCUT2D eigenvalue weighted by Crippen LogP contribution is -2.20. The number of allylic oxidation sites excluding steroid dienone is 4. The molecule has 0 aliphatic carbocycles. The Kier molecular flexibility index (Phi) is 12.6. The summed E-state index contributed by atoms with van der Waals surface area (Å²) in [5, 5.41) is 15.7. The van der Waals surface area contributed by atoms with Gasteiger partial charge in [-0.1, -0.05) is 77.1 Å². The maximum atomic E-state index is 7.93. The van der Waals surface area contributed by atoms with E-state index in [1.807, 2.05) is 63.3 Å². The van der Waals surface area contributed by atoms with E-state index in [4.69, 9.17) is 25.0 Å². The van der Waals surface area contributed by atoms with Crippen LogP contribution < -0.4 is 4.74 Å². The van der Waals surface area contributed by atoms with Crippen molar-refractivity contribution in [3.05, 3.63) is 72.5 Å². The normalized spacial score (nSPS) is 15.1. The fourth-order valence-electron chi connectivity index (χ4n) is 2.48. The second-order valence-electron chi connectivity index (χ2n) is 9.65. The van der Waals surface area contributed by atoms with Gasteiger partial charge in [0.15, 0.2) is 0 Å². The topological polar surface area (TPSA) is 88.3 Å². The van der Waals surface area contributed by atoms with Gasteiger partial charge in [-0.25, -0.2) is 4.98 Å². The average Bonchev–Trinajstić information content (AvgIpc) is 2.76. The summed E-state index contributed by atoms with van der Waals surface area (Å²) in [7, 11) is 0. The van der Waals surface area contributed by atoms with Crippen molar-refractivity contribution in [3.8, 4) is 5.88 Å². The molecular weight excluding hydrogens is 426 g/mol. The standard InChI is InChI=1S/C28H41N3O3/c1-21(13-8-10-17-26(30)33-20-28(5,6)7)19-32-25(29)16-11-9-14-22(2)24(4)34-27-18-12-15-23(3)31-27/h8-18,21-22,24,29-30H,19-20H2,1-7H3/b13-8+,14-9+,16-11-,17-10-,29-25?,30-26?. The predicted molar refractivity (Wildman–Crippen MR) is 141 cm³/mol. The number of hydrogen-bond donors (Lipinski definition) is 2. The molecule has 6 heteroatoms. The van der Waals surface area contributed by atoms with Crippen molar-refractivity contribution in [1.29, 1.82) is 10.8 Å². The van der Waals surface area contributed by atoms with Gasteiger partial charge in [0.1, 0.15) is 6.10 Å². The second kappa shape index (κ2) is 14.9. The van der Waals surface area contributed by atoms with Gasteiger partial charge in [-0.3, -0.25) is 10.8 Å². The molecule has 0 bridgehead atoms. The lowest BCUT2D eigenvalue weighted by atomic mass is 9.99. The minimum Gasteiger partial charge on any atom is -0.477 e. The molecule has 0 aliphatic heterocycles. The number of pyridine rings is 1. The lowest BCUT2D eigenvalue weighted by molar-refractivity contribution is 0.176. The maximum Gasteiger partial charge on any atom is 0.213 e. The third-order valence-electron chi connectivity index (χ3n) is 4.64. The smallest absolute Gasteiger partial charge is 0.213 e. The van der Waals surface area contributed by atoms with E-state index in [9.17, 15) is 0 Å². The molecule has 34 heavy (non-hydrogen) atoms. The molecule has 3 unspecified atom stereocenters. The van der Waals surface area contributed by atoms with Crippen LogP contribution in [0.5, 0.6) is 5.88 Å². The van der Waals surface area contributed by atoms with Crippen molar-refractivity contribution >= 4 is 11.8 Å². The van der Waals surface area contributed by atoms with Crippen molar-refractivity contribution in [1.82, 2.24) is 4.98 Å². The van der Waals surface area contributed by atoms with Crippen LogP contribution in [-0.4, -0.2) is 36.1 Å². The average molecular weight is 468 g/mol. The quantitative estimate of drug-likeness (QED) is 0.204. The Hall–Kier alpha value is -3.15. The van der Waals surface area contributed by atoms with Gasteiger partial charge in [0, 0.05) is 23.6 Å². The highest BCUT2D eigenvalue weighted by Crippen LogP contribution is 2.15. The molecule has 1 heterocycles. The zero-order valence-corrected chi connectivity index (χ0v) is 21.7. The third kappa shape index (κ3) is 14.1. The number of ether oxygens (including phenoxy) is 3. The first-order chi connectivity index (χ1) is 16.0. The summed E-state index contributed by atoms with van der Waals surface area (Å²) >= 11 is 0. The van der Waals surface area contributed by atoms with Crippen LogP contribution in [0.15, 0.2) is 66.8 Å². The van der Waals surface area contributed by atoms with Crippen LogP contribution in [0.2, 0.25) is 0 Å². The van der Waals surface area contributed by atoms with Gasteiger partial charge in [0.25, 0.3) is 0 Å². The van der Waals surface area contributed by atoms with Crippen molar-refractivity contribution in [2.24, 2.45) is 17.3 Å². The Balaban J connectivity index is 2.32. The number of hydrogen-bond acceptors (Lipinski definition) is 6. The Bertz CT molecular complexity index is 894. The highest BCUT2D eigenvalue weighted by molar-refractivity contribution is 5.85. The molecule has 0 fully saturated rings. The molecule has 0 saturated carbocycles. The van der Waals surface area contributed by atoms with Gasteiger partial charge in [-0.15, -0.1) is 0 Å². The summed E-state index contributed by atoms with van der Waals surface area (Å²) in [6, 6.07) is 5.73. The molecule has 0 saturated heterocycles. The minimum atomic E-state index is -0.0230. The third-order valence-corrected chi connectivity index (χ3v) is 4.64. The van der Waals surface area contributed by atoms with Crippen LogP contribution in [0, 0.1) is 35.0 Å². The molecule has 2 N–H and O–H groups in total. The van der Waals surface area contributed by atoms with E-state index in [0.717, 1.165) is 5.69 Å². The van der Waals surface area contributed by atoms with Gasteiger partial charge in [-0.05, 0) is 37.5 Å². The van der Waals surface area contributed by atoms with Crippen LogP contribution in [0.1, 0.15) is 47.2 Å². The van der Waals surface area contributed by atoms with Crippen LogP contribution in [0.4, 0.5) is 0 Å². The van der Waals surface area contributed by atoms with Gasteiger partial charge >= 0.3 is 0 Å². The zero-order chi connectivity index (χ0) is 25.6. The Labute approximate surface area is 205 Å². The molecule has 1 aromatic rings. The molecule has 6 nitrogen and oxygen atoms in total. The largest absolute Gasteiger partial charge is 0.477 e. The predicted octanol–water partition coefficient (Wildman–Crippen LogP) is 6.69. The first kappa shape index (κ1) is 28.9. The first-order valence-corrected chi connectivity index (χ1v) is 11.7. The molecule has 3 atom stereocenters. The van der Waals surface area contributed by atoms with Crippen LogP contribution in [-0.2, 0) is 9.47 Å². The number of rotatable bonds is 12. The molecule has 0 amide bonds. The summed E-state index contributed by atoms with van der Waals surface area (Å²) in [6.45, 7) is 15.1. The van der Waals surface area contributed by atoms with E-state index in [-0.39, 0.29) is 35.2 Å². The first-order valence-electron chi connectivity index (χ1n) is 11.7. The summed E-state index contributed by atoms with van der Waals surface area (Å²) < 4.78 is 16.8. The molecule has 1 rings (SSSR count). The number of nitrogens with one attached hydrogen (secondary N) is 2. The number of aromatic nitrogens is 1. The number of nitrogens with zero attached hydrogens (tertiary/aromatic N) is 1. The SMILES string of the molecule is Cc1cccc(OC(C)C(C)/C=C/C=C\C(=N)OCC(C)/C=C/C=C\C(=N)OCC(C)(C)C)n1. The van der Waals surface area contributed by atoms with Gasteiger partial charge in [-0.2, -0.15) is 0 Å². The van der Waals surface area contributed by atoms with Crippen molar-refractivity contribution < 1.29 is 14.2 Å². The molecule has 0 aromatic carbocycles. The summed E-state index contributed by atoms with van der Waals surface area (Å²) in [5.74, 6) is 1.20. The summed E-state index contributed by atoms with van der Waals surface area (Å²) in [4.78, 5) is 4.37. The highest BCUT2D eigenvalue weighted by Gasteiger charge is 2.12. The fourth-order valence-corrected chi connectivity index (χ4v) is 2.48. The van der Waals surface area contributed by atoms with Crippen LogP contribution >= 0.6 is 0 Å². The Morgan fingerprint density at radius 1 is 0.941 bits per heavy atom. The molecule has 0 radical (unpaired) electrons. The second-order valence-corrected chi connectivity index (χ2v) is 9.65. The maximum absolute atomic E-state index is 7.93. The van der Waals surface area contributed by atoms with Crippen molar-refractivity contribution in [2.45, 2.75) is 54.6 Å². The highest BCUT2D eigenvalue weighted by atomic mass is 16.5. The summed E-state index contributed by atoms with van der Waals surface area (Å²) in [5.41, 5.74) is 0.957. The minimum absolute atomic E-state index is 0.0230. The van der Waals surface area contributed by atoms with Crippen molar-refractivity contribution in [2.75, 3.05) is 13.2 Å². The molecular formula is C28H41N3O3. The van der Waals surface area contributed by atoms with E-state index in [1.165, 1.54) is 0 Å². The monoisotopic (exact) mass is 467 g/mol. The Morgan fingerprint density at radius 2 is 1.56 bits per heavy atom. The van der Waals surface area contributed by atoms with Crippen LogP contribution in [0.25, 0.3) is 0 Å². The molecule has 0 spiro atoms. The van der Waals surface area contributed by atoms with E-state index in [0.29, 0.717) is 19.1 Å². The fraction of sp³-hybridized carbons (Fsp3) is 0.464. The lowest BCUT2D eigenvalue weighted by Gasteiger charge is -2.18. The van der Waals surface area contributed by atoms with E-state index < -0.39 is 0 Å². The van der Waals surface area contributed by atoms with E-state index >= 15 is 0 Å². The van der Waals surface area contributed by atoms with E-state index in [2.05, 4.69) is 32.7 Å². The summed E-state index contributed by atoms with van der Waals surface area (Å²) in [6.07, 6.45) is 14.6. The van der Waals surface area contributed by atoms with E-state index in [1.54, 1.807) is 24.3 Å². The molecule has 1 aromatic heterocycles. The number of aryl methyl sites for hydroxylation is 1. The Morgan fingerprint density at radius 3 is 2.18 bits per heavy atom. The molecule has 186 valence electrons. The van der Waals surface area contributed by atoms with Crippen LogP contribution in [0.3, 0.4) is 0 Å².